The SMILES string of the molecule is CC(=O)C(c1ccc([N+](=O)[O-])cc1Cl)C(C)C. The fraction of sp³-hybridized carbons (Fsp3) is 0.417. The molecule has 0 aliphatic heterocycles. The molecule has 0 spiro atoms. The van der Waals surface area contributed by atoms with Crippen molar-refractivity contribution in [3.63, 3.8) is 0 Å². The number of hydrogen-bond donors (Lipinski definition) is 0. The topological polar surface area (TPSA) is 60.2 Å². The minimum Gasteiger partial charge on any atom is -0.299 e. The molecule has 1 aromatic rings. The van der Waals surface area contributed by atoms with E-state index in [1.807, 2.05) is 13.8 Å². The van der Waals surface area contributed by atoms with Crippen molar-refractivity contribution in [2.45, 2.75) is 26.7 Å². The molecule has 0 fully saturated rings. The zero-order valence-electron chi connectivity index (χ0n) is 9.94. The van der Waals surface area contributed by atoms with E-state index in [2.05, 4.69) is 0 Å². The molecule has 1 aromatic carbocycles. The molecule has 0 heterocycles. The van der Waals surface area contributed by atoms with Gasteiger partial charge in [0.15, 0.2) is 0 Å². The highest BCUT2D eigenvalue weighted by molar-refractivity contribution is 6.31. The first kappa shape index (κ1) is 13.6. The van der Waals surface area contributed by atoms with Crippen LogP contribution in [0.15, 0.2) is 18.2 Å². The smallest absolute Gasteiger partial charge is 0.270 e. The van der Waals surface area contributed by atoms with Crippen LogP contribution in [-0.2, 0) is 4.79 Å². The predicted molar refractivity (Wildman–Crippen MR) is 66.4 cm³/mol. The Morgan fingerprint density at radius 3 is 2.35 bits per heavy atom. The third kappa shape index (κ3) is 3.03. The van der Waals surface area contributed by atoms with Crippen molar-refractivity contribution in [2.24, 2.45) is 5.92 Å². The minimum absolute atomic E-state index is 0.00996. The summed E-state index contributed by atoms with van der Waals surface area (Å²) in [6.45, 7) is 5.34. The summed E-state index contributed by atoms with van der Waals surface area (Å²) in [6, 6.07) is 4.22. The standard InChI is InChI=1S/C12H14ClNO3/c1-7(2)12(8(3)15)10-5-4-9(14(16)17)6-11(10)13/h4-7,12H,1-3H3. The van der Waals surface area contributed by atoms with E-state index in [-0.39, 0.29) is 28.3 Å². The monoisotopic (exact) mass is 255 g/mol. The molecule has 1 rings (SSSR count). The van der Waals surface area contributed by atoms with Crippen LogP contribution in [0.3, 0.4) is 0 Å². The molecule has 0 aromatic heterocycles. The van der Waals surface area contributed by atoms with E-state index in [9.17, 15) is 14.9 Å². The van der Waals surface area contributed by atoms with Crippen molar-refractivity contribution < 1.29 is 9.72 Å². The van der Waals surface area contributed by atoms with Gasteiger partial charge >= 0.3 is 0 Å². The first-order valence-electron chi connectivity index (χ1n) is 5.29. The van der Waals surface area contributed by atoms with Gasteiger partial charge in [-0.25, -0.2) is 0 Å². The average molecular weight is 256 g/mol. The second kappa shape index (κ2) is 5.27. The maximum absolute atomic E-state index is 11.6. The predicted octanol–water partition coefficient (Wildman–Crippen LogP) is 3.58. The highest BCUT2D eigenvalue weighted by atomic mass is 35.5. The fourth-order valence-electron chi connectivity index (χ4n) is 1.93. The molecule has 0 amide bonds. The quantitative estimate of drug-likeness (QED) is 0.610. The molecular formula is C12H14ClNO3. The number of rotatable bonds is 4. The van der Waals surface area contributed by atoms with Crippen molar-refractivity contribution in [3.8, 4) is 0 Å². The number of carbonyl (C=O) groups is 1. The van der Waals surface area contributed by atoms with E-state index in [1.165, 1.54) is 19.1 Å². The van der Waals surface area contributed by atoms with Crippen LogP contribution in [0, 0.1) is 16.0 Å². The maximum atomic E-state index is 11.6. The van der Waals surface area contributed by atoms with Crippen LogP contribution in [0.4, 0.5) is 5.69 Å². The number of ketones is 1. The van der Waals surface area contributed by atoms with E-state index in [0.29, 0.717) is 5.56 Å². The van der Waals surface area contributed by atoms with Gasteiger partial charge in [-0.1, -0.05) is 25.4 Å². The summed E-state index contributed by atoms with van der Waals surface area (Å²) in [5, 5.41) is 10.9. The summed E-state index contributed by atoms with van der Waals surface area (Å²) < 4.78 is 0. The summed E-state index contributed by atoms with van der Waals surface area (Å²) in [7, 11) is 0. The largest absolute Gasteiger partial charge is 0.299 e. The van der Waals surface area contributed by atoms with Crippen LogP contribution < -0.4 is 0 Å². The Labute approximate surface area is 105 Å². The minimum atomic E-state index is -0.506. The number of non-ortho nitro benzene ring substituents is 1. The van der Waals surface area contributed by atoms with E-state index in [4.69, 9.17) is 11.6 Å². The third-order valence-corrected chi connectivity index (χ3v) is 2.96. The molecule has 0 saturated heterocycles. The number of hydrogen-bond acceptors (Lipinski definition) is 3. The van der Waals surface area contributed by atoms with Crippen LogP contribution >= 0.6 is 11.6 Å². The molecule has 5 heteroatoms. The molecule has 1 atom stereocenters. The zero-order chi connectivity index (χ0) is 13.2. The Bertz CT molecular complexity index is 457. The molecule has 0 aliphatic carbocycles. The van der Waals surface area contributed by atoms with Crippen molar-refractivity contribution >= 4 is 23.1 Å². The molecule has 0 bridgehead atoms. The Kier molecular flexibility index (Phi) is 4.23. The normalized spacial score (nSPS) is 12.5. The summed E-state index contributed by atoms with van der Waals surface area (Å²) >= 11 is 6.00. The lowest BCUT2D eigenvalue weighted by molar-refractivity contribution is -0.384. The van der Waals surface area contributed by atoms with E-state index in [1.54, 1.807) is 6.07 Å². The van der Waals surface area contributed by atoms with Gasteiger partial charge in [-0.2, -0.15) is 0 Å². The maximum Gasteiger partial charge on any atom is 0.270 e. The summed E-state index contributed by atoms with van der Waals surface area (Å²) in [5.41, 5.74) is 0.588. The van der Waals surface area contributed by atoms with Gasteiger partial charge in [-0.3, -0.25) is 14.9 Å². The highest BCUT2D eigenvalue weighted by Gasteiger charge is 2.24. The first-order valence-corrected chi connectivity index (χ1v) is 5.66. The molecule has 92 valence electrons. The van der Waals surface area contributed by atoms with Crippen molar-refractivity contribution in [2.75, 3.05) is 0 Å². The Morgan fingerprint density at radius 2 is 2.00 bits per heavy atom. The molecule has 0 radical (unpaired) electrons. The summed E-state index contributed by atoms with van der Waals surface area (Å²) in [4.78, 5) is 21.6. The zero-order valence-corrected chi connectivity index (χ0v) is 10.7. The molecule has 17 heavy (non-hydrogen) atoms. The van der Waals surface area contributed by atoms with Crippen molar-refractivity contribution in [1.82, 2.24) is 0 Å². The lowest BCUT2D eigenvalue weighted by Crippen LogP contribution is -2.15. The van der Waals surface area contributed by atoms with E-state index < -0.39 is 4.92 Å². The molecule has 4 nitrogen and oxygen atoms in total. The second-order valence-corrected chi connectivity index (χ2v) is 4.70. The van der Waals surface area contributed by atoms with Crippen LogP contribution in [0.2, 0.25) is 5.02 Å². The van der Waals surface area contributed by atoms with Crippen molar-refractivity contribution in [3.05, 3.63) is 38.9 Å². The van der Waals surface area contributed by atoms with Gasteiger partial charge in [0.1, 0.15) is 5.78 Å². The van der Waals surface area contributed by atoms with Crippen LogP contribution in [0.1, 0.15) is 32.3 Å². The lowest BCUT2D eigenvalue weighted by Gasteiger charge is -2.19. The number of nitrogens with zero attached hydrogens (tertiary/aromatic N) is 1. The highest BCUT2D eigenvalue weighted by Crippen LogP contribution is 2.33. The van der Waals surface area contributed by atoms with Gasteiger partial charge in [0.2, 0.25) is 0 Å². The number of nitro groups is 1. The third-order valence-electron chi connectivity index (χ3n) is 2.63. The number of carbonyl (C=O) groups excluding carboxylic acids is 1. The van der Waals surface area contributed by atoms with Gasteiger partial charge in [-0.15, -0.1) is 0 Å². The van der Waals surface area contributed by atoms with Crippen molar-refractivity contribution in [1.29, 1.82) is 0 Å². The van der Waals surface area contributed by atoms with Gasteiger partial charge < -0.3 is 0 Å². The molecule has 0 N–H and O–H groups in total. The Hall–Kier alpha value is -1.42. The van der Waals surface area contributed by atoms with Crippen LogP contribution in [-0.4, -0.2) is 10.7 Å². The molecule has 0 aliphatic rings. The Balaban J connectivity index is 3.22. The van der Waals surface area contributed by atoms with Gasteiger partial charge in [-0.05, 0) is 24.5 Å². The summed E-state index contributed by atoms with van der Waals surface area (Å²) in [5.74, 6) is -0.203. The van der Waals surface area contributed by atoms with Gasteiger partial charge in [0.05, 0.1) is 9.95 Å². The first-order chi connectivity index (χ1) is 7.84. The van der Waals surface area contributed by atoms with E-state index in [0.717, 1.165) is 0 Å². The van der Waals surface area contributed by atoms with Crippen LogP contribution in [0.5, 0.6) is 0 Å². The molecule has 1 unspecified atom stereocenters. The fourth-order valence-corrected chi connectivity index (χ4v) is 2.22. The number of benzene rings is 1. The lowest BCUT2D eigenvalue weighted by atomic mass is 9.85. The second-order valence-electron chi connectivity index (χ2n) is 4.30. The molecular weight excluding hydrogens is 242 g/mol. The number of halogens is 1. The van der Waals surface area contributed by atoms with Gasteiger partial charge in [0.25, 0.3) is 5.69 Å². The average Bonchev–Trinajstić information content (AvgIpc) is 2.19. The van der Waals surface area contributed by atoms with Crippen LogP contribution in [0.25, 0.3) is 0 Å². The number of nitro benzene ring substituents is 1. The summed E-state index contributed by atoms with van der Waals surface area (Å²) in [6.07, 6.45) is 0. The van der Waals surface area contributed by atoms with Gasteiger partial charge in [0, 0.05) is 18.1 Å². The van der Waals surface area contributed by atoms with E-state index >= 15 is 0 Å². The number of Topliss-reactive ketones (excluding diaryl/α,β-unsaturated/α-hetero) is 1. The Morgan fingerprint density at radius 1 is 1.41 bits per heavy atom. The molecule has 0 saturated carbocycles.